The minimum Gasteiger partial charge on any atom is -0.342 e. The molecule has 1 amide bonds. The van der Waals surface area contributed by atoms with Gasteiger partial charge in [0.1, 0.15) is 0 Å². The number of aryl methyl sites for hydroxylation is 1. The molecule has 0 saturated carbocycles. The molecule has 5 heteroatoms. The number of nitrogens with one attached hydrogen (secondary N) is 1. The quantitative estimate of drug-likeness (QED) is 0.911. The van der Waals surface area contributed by atoms with Gasteiger partial charge in [0.05, 0.1) is 11.6 Å². The molecule has 132 valence electrons. The summed E-state index contributed by atoms with van der Waals surface area (Å²) in [6.07, 6.45) is 3.90. The Labute approximate surface area is 149 Å². The first kappa shape index (κ1) is 16.3. The number of carbonyl (C=O) groups is 1. The van der Waals surface area contributed by atoms with Gasteiger partial charge in [-0.05, 0) is 25.8 Å². The van der Waals surface area contributed by atoms with Gasteiger partial charge in [-0.1, -0.05) is 30.3 Å². The van der Waals surface area contributed by atoms with Crippen molar-refractivity contribution >= 4 is 5.91 Å². The zero-order valence-corrected chi connectivity index (χ0v) is 14.9. The van der Waals surface area contributed by atoms with Gasteiger partial charge in [-0.3, -0.25) is 9.48 Å². The van der Waals surface area contributed by atoms with Gasteiger partial charge in [0.2, 0.25) is 5.91 Å². The van der Waals surface area contributed by atoms with Crippen molar-refractivity contribution in [1.82, 2.24) is 20.0 Å². The molecule has 1 atom stereocenters. The molecule has 1 aromatic carbocycles. The van der Waals surface area contributed by atoms with E-state index in [0.717, 1.165) is 63.1 Å². The van der Waals surface area contributed by atoms with Crippen LogP contribution in [-0.4, -0.2) is 46.8 Å². The molecule has 0 aliphatic carbocycles. The lowest BCUT2D eigenvalue weighted by atomic mass is 9.98. The summed E-state index contributed by atoms with van der Waals surface area (Å²) in [5.74, 6) is 0.482. The maximum absolute atomic E-state index is 12.9. The molecule has 2 aromatic rings. The average molecular weight is 338 g/mol. The second-order valence-corrected chi connectivity index (χ2v) is 7.13. The summed E-state index contributed by atoms with van der Waals surface area (Å²) >= 11 is 0. The molecule has 1 fully saturated rings. The standard InChI is InChI=1S/C20H26N4O/c1-23-18-10-13-24(20(25)16-8-5-11-21-14-16)12-9-17(18)19(22-23)15-6-3-2-4-7-15/h2-4,6-7,16,21H,5,8-14H2,1H3. The van der Waals surface area contributed by atoms with Crippen molar-refractivity contribution in [2.24, 2.45) is 13.0 Å². The lowest BCUT2D eigenvalue weighted by Crippen LogP contribution is -2.44. The summed E-state index contributed by atoms with van der Waals surface area (Å²) in [5, 5.41) is 8.13. The Bertz CT molecular complexity index is 747. The van der Waals surface area contributed by atoms with E-state index in [1.165, 1.54) is 11.3 Å². The first-order valence-electron chi connectivity index (χ1n) is 9.33. The predicted molar refractivity (Wildman–Crippen MR) is 98.2 cm³/mol. The molecule has 1 N–H and O–H groups in total. The molecule has 2 aliphatic rings. The molecular weight excluding hydrogens is 312 g/mol. The van der Waals surface area contributed by atoms with Gasteiger partial charge in [0.15, 0.2) is 0 Å². The number of nitrogens with zero attached hydrogens (tertiary/aromatic N) is 3. The van der Waals surface area contributed by atoms with Crippen LogP contribution < -0.4 is 5.32 Å². The maximum atomic E-state index is 12.9. The number of aromatic nitrogens is 2. The molecule has 1 saturated heterocycles. The molecule has 1 unspecified atom stereocenters. The van der Waals surface area contributed by atoms with Gasteiger partial charge < -0.3 is 10.2 Å². The highest BCUT2D eigenvalue weighted by Gasteiger charge is 2.29. The van der Waals surface area contributed by atoms with Gasteiger partial charge in [-0.2, -0.15) is 5.10 Å². The SMILES string of the molecule is Cn1nc(-c2ccccc2)c2c1CCN(C(=O)C1CCCNC1)CC2. The third kappa shape index (κ3) is 3.21. The minimum absolute atomic E-state index is 0.154. The molecule has 0 radical (unpaired) electrons. The van der Waals surface area contributed by atoms with E-state index in [4.69, 9.17) is 5.10 Å². The van der Waals surface area contributed by atoms with Crippen LogP contribution in [0, 0.1) is 5.92 Å². The number of amides is 1. The third-order valence-electron chi connectivity index (χ3n) is 5.53. The first-order valence-corrected chi connectivity index (χ1v) is 9.33. The van der Waals surface area contributed by atoms with Crippen molar-refractivity contribution < 1.29 is 4.79 Å². The molecule has 0 bridgehead atoms. The Morgan fingerprint density at radius 1 is 1.20 bits per heavy atom. The highest BCUT2D eigenvalue weighted by Crippen LogP contribution is 2.28. The Kier molecular flexibility index (Phi) is 4.57. The molecule has 3 heterocycles. The zero-order chi connectivity index (χ0) is 17.2. The van der Waals surface area contributed by atoms with Crippen molar-refractivity contribution in [2.45, 2.75) is 25.7 Å². The molecule has 0 spiro atoms. The van der Waals surface area contributed by atoms with Crippen LogP contribution in [-0.2, 0) is 24.7 Å². The van der Waals surface area contributed by atoms with Crippen LogP contribution in [0.2, 0.25) is 0 Å². The van der Waals surface area contributed by atoms with Gasteiger partial charge in [0.25, 0.3) is 0 Å². The van der Waals surface area contributed by atoms with Gasteiger partial charge in [0, 0.05) is 49.9 Å². The summed E-state index contributed by atoms with van der Waals surface area (Å²) < 4.78 is 2.01. The molecular formula is C20H26N4O. The van der Waals surface area contributed by atoms with Crippen molar-refractivity contribution in [3.05, 3.63) is 41.6 Å². The van der Waals surface area contributed by atoms with E-state index >= 15 is 0 Å². The van der Waals surface area contributed by atoms with Crippen LogP contribution >= 0.6 is 0 Å². The average Bonchev–Trinajstić information content (AvgIpc) is 2.84. The number of fused-ring (bicyclic) bond motifs is 1. The van der Waals surface area contributed by atoms with E-state index < -0.39 is 0 Å². The summed E-state index contributed by atoms with van der Waals surface area (Å²) in [6.45, 7) is 3.48. The highest BCUT2D eigenvalue weighted by molar-refractivity contribution is 5.79. The summed E-state index contributed by atoms with van der Waals surface area (Å²) in [4.78, 5) is 15.0. The van der Waals surface area contributed by atoms with E-state index in [1.54, 1.807) is 0 Å². The molecule has 5 nitrogen and oxygen atoms in total. The van der Waals surface area contributed by atoms with Crippen LogP contribution in [0.25, 0.3) is 11.3 Å². The summed E-state index contributed by atoms with van der Waals surface area (Å²) in [5.41, 5.74) is 4.82. The fourth-order valence-electron chi connectivity index (χ4n) is 4.15. The third-order valence-corrected chi connectivity index (χ3v) is 5.53. The monoisotopic (exact) mass is 338 g/mol. The Morgan fingerprint density at radius 2 is 2.00 bits per heavy atom. The molecule has 4 rings (SSSR count). The number of carbonyl (C=O) groups excluding carboxylic acids is 1. The molecule has 25 heavy (non-hydrogen) atoms. The van der Waals surface area contributed by atoms with Crippen molar-refractivity contribution in [3.8, 4) is 11.3 Å². The first-order chi connectivity index (χ1) is 12.2. The predicted octanol–water partition coefficient (Wildman–Crippen LogP) is 2.01. The highest BCUT2D eigenvalue weighted by atomic mass is 16.2. The number of hydrogen-bond acceptors (Lipinski definition) is 3. The van der Waals surface area contributed by atoms with Gasteiger partial charge in [-0.15, -0.1) is 0 Å². The topological polar surface area (TPSA) is 50.2 Å². The van der Waals surface area contributed by atoms with Gasteiger partial charge >= 0.3 is 0 Å². The van der Waals surface area contributed by atoms with Crippen LogP contribution in [0.5, 0.6) is 0 Å². The lowest BCUT2D eigenvalue weighted by molar-refractivity contribution is -0.136. The Balaban J connectivity index is 1.55. The Hall–Kier alpha value is -2.14. The van der Waals surface area contributed by atoms with E-state index in [0.29, 0.717) is 5.91 Å². The second-order valence-electron chi connectivity index (χ2n) is 7.13. The second kappa shape index (κ2) is 7.00. The van der Waals surface area contributed by atoms with Gasteiger partial charge in [-0.25, -0.2) is 0 Å². The number of piperidine rings is 1. The maximum Gasteiger partial charge on any atom is 0.226 e. The Morgan fingerprint density at radius 3 is 2.76 bits per heavy atom. The van der Waals surface area contributed by atoms with E-state index in [2.05, 4.69) is 34.5 Å². The normalized spacial score (nSPS) is 20.8. The number of rotatable bonds is 2. The van der Waals surface area contributed by atoms with E-state index in [1.807, 2.05) is 17.8 Å². The van der Waals surface area contributed by atoms with Crippen LogP contribution in [0.4, 0.5) is 0 Å². The fraction of sp³-hybridized carbons (Fsp3) is 0.500. The summed E-state index contributed by atoms with van der Waals surface area (Å²) in [6, 6.07) is 10.4. The minimum atomic E-state index is 0.154. The van der Waals surface area contributed by atoms with E-state index in [-0.39, 0.29) is 5.92 Å². The van der Waals surface area contributed by atoms with Crippen molar-refractivity contribution in [1.29, 1.82) is 0 Å². The zero-order valence-electron chi connectivity index (χ0n) is 14.9. The van der Waals surface area contributed by atoms with Crippen LogP contribution in [0.15, 0.2) is 30.3 Å². The van der Waals surface area contributed by atoms with Crippen LogP contribution in [0.3, 0.4) is 0 Å². The van der Waals surface area contributed by atoms with Crippen LogP contribution in [0.1, 0.15) is 24.1 Å². The number of benzene rings is 1. The smallest absolute Gasteiger partial charge is 0.226 e. The van der Waals surface area contributed by atoms with Crippen molar-refractivity contribution in [3.63, 3.8) is 0 Å². The lowest BCUT2D eigenvalue weighted by Gasteiger charge is -2.28. The van der Waals surface area contributed by atoms with Crippen molar-refractivity contribution in [2.75, 3.05) is 26.2 Å². The fourth-order valence-corrected chi connectivity index (χ4v) is 4.15. The largest absolute Gasteiger partial charge is 0.342 e. The summed E-state index contributed by atoms with van der Waals surface area (Å²) in [7, 11) is 2.02. The van der Waals surface area contributed by atoms with E-state index in [9.17, 15) is 4.79 Å². The number of hydrogen-bond donors (Lipinski definition) is 1. The molecule has 1 aromatic heterocycles. The molecule has 2 aliphatic heterocycles.